The van der Waals surface area contributed by atoms with Crippen molar-refractivity contribution in [2.24, 2.45) is 0 Å². The monoisotopic (exact) mass is 370 g/mol. The number of hydrogen-bond donors (Lipinski definition) is 1. The van der Waals surface area contributed by atoms with E-state index in [0.29, 0.717) is 16.5 Å². The maximum atomic E-state index is 13.4. The van der Waals surface area contributed by atoms with E-state index in [9.17, 15) is 18.8 Å². The second kappa shape index (κ2) is 7.77. The molecule has 0 aliphatic heterocycles. The first-order valence-corrected chi connectivity index (χ1v) is 7.98. The van der Waals surface area contributed by atoms with Gasteiger partial charge in [-0.2, -0.15) is 5.10 Å². The van der Waals surface area contributed by atoms with Crippen molar-refractivity contribution in [3.63, 3.8) is 0 Å². The fraction of sp³-hybridized carbons (Fsp3) is 0.158. The van der Waals surface area contributed by atoms with E-state index in [4.69, 9.17) is 9.47 Å². The van der Waals surface area contributed by atoms with Crippen LogP contribution in [0.15, 0.2) is 47.3 Å². The number of nitrogens with one attached hydrogen (secondary N) is 1. The number of aromatic amines is 1. The maximum absolute atomic E-state index is 13.4. The number of nitrogens with zero attached hydrogens (tertiary/aromatic N) is 1. The minimum atomic E-state index is -0.705. The Morgan fingerprint density at radius 2 is 1.89 bits per heavy atom. The molecule has 138 valence electrons. The average Bonchev–Trinajstić information content (AvgIpc) is 2.68. The summed E-state index contributed by atoms with van der Waals surface area (Å²) in [5.74, 6) is -1.72. The molecule has 0 unspecified atom stereocenters. The van der Waals surface area contributed by atoms with Gasteiger partial charge in [-0.15, -0.1) is 0 Å². The summed E-state index contributed by atoms with van der Waals surface area (Å²) in [6.07, 6.45) is -0.231. The first-order chi connectivity index (χ1) is 13.0. The lowest BCUT2D eigenvalue weighted by atomic mass is 10.1. The van der Waals surface area contributed by atoms with Crippen molar-refractivity contribution in [3.8, 4) is 5.75 Å². The lowest BCUT2D eigenvalue weighted by Crippen LogP contribution is -2.18. The molecular formula is C19H15FN2O5. The summed E-state index contributed by atoms with van der Waals surface area (Å²) in [7, 11) is 1.35. The molecule has 0 radical (unpaired) electrons. The van der Waals surface area contributed by atoms with E-state index in [1.165, 1.54) is 13.2 Å². The summed E-state index contributed by atoms with van der Waals surface area (Å²) in [4.78, 5) is 36.0. The third-order valence-electron chi connectivity index (χ3n) is 3.91. The van der Waals surface area contributed by atoms with Crippen molar-refractivity contribution < 1.29 is 23.5 Å². The third kappa shape index (κ3) is 4.00. The van der Waals surface area contributed by atoms with Gasteiger partial charge in [-0.25, -0.2) is 9.49 Å². The van der Waals surface area contributed by atoms with Gasteiger partial charge in [0.05, 0.1) is 30.2 Å². The fourth-order valence-corrected chi connectivity index (χ4v) is 2.62. The van der Waals surface area contributed by atoms with E-state index in [-0.39, 0.29) is 23.3 Å². The number of aromatic nitrogens is 2. The number of ketones is 1. The number of ether oxygens (including phenoxy) is 2. The lowest BCUT2D eigenvalue weighted by Gasteiger charge is -2.09. The normalized spacial score (nSPS) is 10.6. The molecule has 0 amide bonds. The predicted octanol–water partition coefficient (Wildman–Crippen LogP) is 2.04. The van der Waals surface area contributed by atoms with Gasteiger partial charge >= 0.3 is 5.97 Å². The number of methoxy groups -OCH3 is 1. The van der Waals surface area contributed by atoms with Crippen LogP contribution in [0.5, 0.6) is 5.75 Å². The molecule has 2 aromatic carbocycles. The Balaban J connectivity index is 1.71. The van der Waals surface area contributed by atoms with E-state index in [2.05, 4.69) is 10.2 Å². The minimum Gasteiger partial charge on any atom is -0.496 e. The Hall–Kier alpha value is -3.55. The van der Waals surface area contributed by atoms with Gasteiger partial charge < -0.3 is 9.47 Å². The third-order valence-corrected chi connectivity index (χ3v) is 3.91. The van der Waals surface area contributed by atoms with E-state index >= 15 is 0 Å². The highest BCUT2D eigenvalue weighted by atomic mass is 19.1. The Labute approximate surface area is 152 Å². The van der Waals surface area contributed by atoms with Crippen LogP contribution in [0, 0.1) is 5.82 Å². The van der Waals surface area contributed by atoms with Crippen LogP contribution in [0.2, 0.25) is 0 Å². The zero-order chi connectivity index (χ0) is 19.4. The van der Waals surface area contributed by atoms with Gasteiger partial charge in [-0.1, -0.05) is 18.2 Å². The van der Waals surface area contributed by atoms with Crippen LogP contribution < -0.4 is 10.3 Å². The number of halogens is 1. The first kappa shape index (κ1) is 18.2. The Kier molecular flexibility index (Phi) is 5.25. The van der Waals surface area contributed by atoms with Gasteiger partial charge in [0.25, 0.3) is 5.56 Å². The van der Waals surface area contributed by atoms with Gasteiger partial charge in [-0.05, 0) is 24.3 Å². The predicted molar refractivity (Wildman–Crippen MR) is 94.3 cm³/mol. The SMILES string of the molecule is COc1ccc(F)cc1C(=O)COC(=O)Cc1n[nH]c(=O)c2ccccc12. The highest BCUT2D eigenvalue weighted by Gasteiger charge is 2.17. The Bertz CT molecular complexity index is 1080. The van der Waals surface area contributed by atoms with Gasteiger partial charge in [0, 0.05) is 5.39 Å². The molecule has 0 atom stereocenters. The summed E-state index contributed by atoms with van der Waals surface area (Å²) in [5, 5.41) is 7.12. The number of Topliss-reactive ketones (excluding diaryl/α,β-unsaturated/α-hetero) is 1. The summed E-state index contributed by atoms with van der Waals surface area (Å²) in [6, 6.07) is 10.2. The molecule has 8 heteroatoms. The van der Waals surface area contributed by atoms with E-state index in [1.54, 1.807) is 24.3 Å². The minimum absolute atomic E-state index is 0.0158. The van der Waals surface area contributed by atoms with Crippen LogP contribution in [0.3, 0.4) is 0 Å². The molecule has 1 aromatic heterocycles. The second-order valence-electron chi connectivity index (χ2n) is 5.65. The van der Waals surface area contributed by atoms with E-state index < -0.39 is 24.2 Å². The van der Waals surface area contributed by atoms with Crippen LogP contribution in [0.4, 0.5) is 4.39 Å². The highest BCUT2D eigenvalue weighted by molar-refractivity contribution is 6.00. The zero-order valence-corrected chi connectivity index (χ0v) is 14.3. The van der Waals surface area contributed by atoms with Gasteiger partial charge in [0.15, 0.2) is 6.61 Å². The van der Waals surface area contributed by atoms with Crippen LogP contribution in [-0.4, -0.2) is 35.7 Å². The number of hydrogen-bond acceptors (Lipinski definition) is 6. The van der Waals surface area contributed by atoms with Gasteiger partial charge in [0.2, 0.25) is 5.78 Å². The molecular weight excluding hydrogens is 355 g/mol. The molecule has 27 heavy (non-hydrogen) atoms. The van der Waals surface area contributed by atoms with Crippen molar-refractivity contribution in [3.05, 3.63) is 69.9 Å². The van der Waals surface area contributed by atoms with Crippen LogP contribution in [0.25, 0.3) is 10.8 Å². The number of benzene rings is 2. The summed E-state index contributed by atoms with van der Waals surface area (Å²) in [6.45, 7) is -0.570. The van der Waals surface area contributed by atoms with Crippen LogP contribution in [-0.2, 0) is 16.0 Å². The quantitative estimate of drug-likeness (QED) is 0.527. The van der Waals surface area contributed by atoms with Crippen LogP contribution in [0.1, 0.15) is 16.1 Å². The van der Waals surface area contributed by atoms with E-state index in [1.807, 2.05) is 0 Å². The van der Waals surface area contributed by atoms with Crippen molar-refractivity contribution in [2.45, 2.75) is 6.42 Å². The molecule has 0 fully saturated rings. The van der Waals surface area contributed by atoms with Crippen molar-refractivity contribution >= 4 is 22.5 Å². The van der Waals surface area contributed by atoms with E-state index in [0.717, 1.165) is 12.1 Å². The number of H-pyrrole nitrogens is 1. The van der Waals surface area contributed by atoms with Crippen molar-refractivity contribution in [2.75, 3.05) is 13.7 Å². The first-order valence-electron chi connectivity index (χ1n) is 7.98. The molecule has 1 heterocycles. The lowest BCUT2D eigenvalue weighted by molar-refractivity contribution is -0.141. The number of fused-ring (bicyclic) bond motifs is 1. The molecule has 0 aliphatic carbocycles. The topological polar surface area (TPSA) is 98.3 Å². The Morgan fingerprint density at radius 1 is 1.15 bits per heavy atom. The van der Waals surface area contributed by atoms with Crippen molar-refractivity contribution in [1.82, 2.24) is 10.2 Å². The zero-order valence-electron chi connectivity index (χ0n) is 14.3. The summed E-state index contributed by atoms with van der Waals surface area (Å²) in [5.41, 5.74) is -0.0556. The van der Waals surface area contributed by atoms with Crippen LogP contribution >= 0.6 is 0 Å². The van der Waals surface area contributed by atoms with Crippen molar-refractivity contribution in [1.29, 1.82) is 0 Å². The second-order valence-corrected chi connectivity index (χ2v) is 5.65. The molecule has 3 aromatic rings. The number of esters is 1. The van der Waals surface area contributed by atoms with Gasteiger partial charge in [0.1, 0.15) is 11.6 Å². The standard InChI is InChI=1S/C19H15FN2O5/c1-26-17-7-6-11(20)8-14(17)16(23)10-27-18(24)9-15-12-4-2-3-5-13(12)19(25)22-21-15/h2-8H,9-10H2,1H3,(H,22,25). The molecule has 3 rings (SSSR count). The maximum Gasteiger partial charge on any atom is 0.312 e. The molecule has 1 N–H and O–H groups in total. The summed E-state index contributed by atoms with van der Waals surface area (Å²) >= 11 is 0. The number of carbonyl (C=O) groups excluding carboxylic acids is 2. The largest absolute Gasteiger partial charge is 0.496 e. The average molecular weight is 370 g/mol. The molecule has 0 spiro atoms. The molecule has 0 bridgehead atoms. The smallest absolute Gasteiger partial charge is 0.312 e. The van der Waals surface area contributed by atoms with Gasteiger partial charge in [-0.3, -0.25) is 14.4 Å². The molecule has 7 nitrogen and oxygen atoms in total. The molecule has 0 aliphatic rings. The Morgan fingerprint density at radius 3 is 2.63 bits per heavy atom. The fourth-order valence-electron chi connectivity index (χ4n) is 2.62. The highest BCUT2D eigenvalue weighted by Crippen LogP contribution is 2.20. The number of rotatable bonds is 6. The summed E-state index contributed by atoms with van der Waals surface area (Å²) < 4.78 is 23.4. The molecule has 0 saturated heterocycles. The molecule has 0 saturated carbocycles. The number of carbonyl (C=O) groups is 2.